The van der Waals surface area contributed by atoms with Crippen molar-refractivity contribution in [1.29, 1.82) is 0 Å². The number of likely N-dealkylation sites (N-methyl/N-ethyl adjacent to an activating group) is 1. The van der Waals surface area contributed by atoms with Gasteiger partial charge in [0, 0.05) is 29.9 Å². The van der Waals surface area contributed by atoms with Gasteiger partial charge in [-0.25, -0.2) is 0 Å². The van der Waals surface area contributed by atoms with E-state index in [0.29, 0.717) is 33.3 Å². The van der Waals surface area contributed by atoms with Gasteiger partial charge in [0.2, 0.25) is 0 Å². The van der Waals surface area contributed by atoms with Gasteiger partial charge in [-0.15, -0.1) is 0 Å². The first-order valence-electron chi connectivity index (χ1n) is 10.7. The Balaban J connectivity index is 1.74. The van der Waals surface area contributed by atoms with Crippen molar-refractivity contribution in [2.45, 2.75) is 26.0 Å². The van der Waals surface area contributed by atoms with E-state index in [2.05, 4.69) is 10.6 Å². The van der Waals surface area contributed by atoms with Gasteiger partial charge < -0.3 is 25.4 Å². The third-order valence-corrected chi connectivity index (χ3v) is 6.26. The molecule has 3 N–H and O–H groups in total. The molecule has 0 atom stereocenters. The predicted octanol–water partition coefficient (Wildman–Crippen LogP) is 4.93. The first-order chi connectivity index (χ1) is 16.2. The van der Waals surface area contributed by atoms with Crippen LogP contribution in [0.1, 0.15) is 29.8 Å². The summed E-state index contributed by atoms with van der Waals surface area (Å²) in [6.07, 6.45) is 0. The van der Waals surface area contributed by atoms with E-state index in [4.69, 9.17) is 16.3 Å². The Morgan fingerprint density at radius 2 is 1.85 bits per heavy atom. The van der Waals surface area contributed by atoms with Crippen LogP contribution < -0.4 is 20.3 Å². The molecular weight excluding hydrogens is 454 g/mol. The molecule has 176 valence electrons. The van der Waals surface area contributed by atoms with Crippen LogP contribution >= 0.6 is 11.6 Å². The molecule has 4 rings (SSSR count). The lowest BCUT2D eigenvalue weighted by Gasteiger charge is -2.39. The van der Waals surface area contributed by atoms with Crippen LogP contribution in [0.3, 0.4) is 0 Å². The van der Waals surface area contributed by atoms with E-state index in [9.17, 15) is 14.7 Å². The second-order valence-electron chi connectivity index (χ2n) is 8.61. The van der Waals surface area contributed by atoms with E-state index < -0.39 is 5.54 Å². The average molecular weight is 480 g/mol. The summed E-state index contributed by atoms with van der Waals surface area (Å²) in [5, 5.41) is 16.7. The number of methoxy groups -OCH3 is 1. The number of carbonyl (C=O) groups is 2. The second-order valence-corrected chi connectivity index (χ2v) is 9.02. The molecule has 0 aliphatic carbocycles. The van der Waals surface area contributed by atoms with Crippen molar-refractivity contribution in [3.63, 3.8) is 0 Å². The number of aliphatic hydroxyl groups excluding tert-OH is 1. The number of anilines is 3. The molecule has 1 aliphatic heterocycles. The van der Waals surface area contributed by atoms with Crippen LogP contribution in [0.5, 0.6) is 5.75 Å². The zero-order chi connectivity index (χ0) is 24.6. The molecule has 0 radical (unpaired) electrons. The van der Waals surface area contributed by atoms with Gasteiger partial charge in [-0.1, -0.05) is 29.8 Å². The second kappa shape index (κ2) is 9.00. The Kier molecular flexibility index (Phi) is 6.25. The van der Waals surface area contributed by atoms with E-state index in [1.165, 1.54) is 7.11 Å². The summed E-state index contributed by atoms with van der Waals surface area (Å²) in [7, 11) is 3.24. The third kappa shape index (κ3) is 4.08. The number of carbonyl (C=O) groups excluding carboxylic acids is 2. The summed E-state index contributed by atoms with van der Waals surface area (Å²) in [4.78, 5) is 27.1. The molecule has 34 heavy (non-hydrogen) atoms. The number of aliphatic hydroxyl groups is 1. The summed E-state index contributed by atoms with van der Waals surface area (Å²) < 4.78 is 5.62. The van der Waals surface area contributed by atoms with Gasteiger partial charge in [0.05, 0.1) is 35.7 Å². The molecule has 2 amide bonds. The highest BCUT2D eigenvalue weighted by atomic mass is 35.5. The molecule has 0 unspecified atom stereocenters. The number of amides is 2. The quantitative estimate of drug-likeness (QED) is 0.483. The van der Waals surface area contributed by atoms with Crippen LogP contribution in [-0.2, 0) is 11.4 Å². The SMILES string of the molecule is COc1cc(NC(=O)c2ccccc2Cl)ccc1-c1ccc2c(c1CO)N(C)C(=O)C(C)(C)N2. The molecular formula is C26H26ClN3O4. The molecule has 1 aliphatic rings. The summed E-state index contributed by atoms with van der Waals surface area (Å²) in [5.74, 6) is 0.0696. The maximum Gasteiger partial charge on any atom is 0.257 e. The number of rotatable bonds is 5. The Bertz CT molecular complexity index is 1290. The van der Waals surface area contributed by atoms with Crippen molar-refractivity contribution in [3.05, 3.63) is 70.7 Å². The summed E-state index contributed by atoms with van der Waals surface area (Å²) >= 11 is 6.14. The van der Waals surface area contributed by atoms with Crippen molar-refractivity contribution in [1.82, 2.24) is 0 Å². The molecule has 0 fully saturated rings. The van der Waals surface area contributed by atoms with Crippen LogP contribution in [0.15, 0.2) is 54.6 Å². The first kappa shape index (κ1) is 23.6. The number of halogens is 1. The van der Waals surface area contributed by atoms with Gasteiger partial charge in [-0.2, -0.15) is 0 Å². The Labute approximate surface area is 203 Å². The molecule has 1 heterocycles. The standard InChI is InChI=1S/C26H26ClN3O4/c1-26(2)25(33)30(3)23-19(14-31)16(11-12-21(23)29-26)17-10-9-15(13-22(17)34-4)28-24(32)18-7-5-6-8-20(18)27/h5-13,29,31H,14H2,1-4H3,(H,28,32). The zero-order valence-electron chi connectivity index (χ0n) is 19.4. The van der Waals surface area contributed by atoms with E-state index in [0.717, 1.165) is 16.8 Å². The lowest BCUT2D eigenvalue weighted by Crippen LogP contribution is -2.52. The lowest BCUT2D eigenvalue weighted by molar-refractivity contribution is -0.121. The van der Waals surface area contributed by atoms with Crippen molar-refractivity contribution in [2.75, 3.05) is 29.7 Å². The van der Waals surface area contributed by atoms with Crippen LogP contribution in [-0.4, -0.2) is 36.6 Å². The van der Waals surface area contributed by atoms with Crippen LogP contribution in [0.2, 0.25) is 5.02 Å². The van der Waals surface area contributed by atoms with Crippen LogP contribution in [0.4, 0.5) is 17.1 Å². The molecule has 0 bridgehead atoms. The number of ether oxygens (including phenoxy) is 1. The minimum Gasteiger partial charge on any atom is -0.496 e. The molecule has 0 aromatic heterocycles. The lowest BCUT2D eigenvalue weighted by atomic mass is 9.91. The van der Waals surface area contributed by atoms with Gasteiger partial charge in [-0.05, 0) is 49.7 Å². The molecule has 0 saturated carbocycles. The van der Waals surface area contributed by atoms with Crippen molar-refractivity contribution in [2.24, 2.45) is 0 Å². The molecule has 7 nitrogen and oxygen atoms in total. The maximum absolute atomic E-state index is 12.8. The highest BCUT2D eigenvalue weighted by Gasteiger charge is 2.38. The molecule has 0 saturated heterocycles. The third-order valence-electron chi connectivity index (χ3n) is 5.93. The number of hydrogen-bond acceptors (Lipinski definition) is 5. The van der Waals surface area contributed by atoms with Crippen LogP contribution in [0.25, 0.3) is 11.1 Å². The highest BCUT2D eigenvalue weighted by molar-refractivity contribution is 6.34. The number of nitrogens with zero attached hydrogens (tertiary/aromatic N) is 1. The summed E-state index contributed by atoms with van der Waals surface area (Å²) in [6.45, 7) is 3.37. The number of nitrogens with one attached hydrogen (secondary N) is 2. The Morgan fingerprint density at radius 3 is 2.53 bits per heavy atom. The van der Waals surface area contributed by atoms with Crippen LogP contribution in [0, 0.1) is 0 Å². The Hall–Kier alpha value is -3.55. The largest absolute Gasteiger partial charge is 0.496 e. The summed E-state index contributed by atoms with van der Waals surface area (Å²) in [5.41, 5.74) is 3.58. The highest BCUT2D eigenvalue weighted by Crippen LogP contribution is 2.44. The van der Waals surface area contributed by atoms with Gasteiger partial charge in [0.1, 0.15) is 11.3 Å². The van der Waals surface area contributed by atoms with Gasteiger partial charge in [0.25, 0.3) is 11.8 Å². The predicted molar refractivity (Wildman–Crippen MR) is 135 cm³/mol. The van der Waals surface area contributed by atoms with Crippen molar-refractivity contribution in [3.8, 4) is 16.9 Å². The first-order valence-corrected chi connectivity index (χ1v) is 11.1. The number of hydrogen-bond donors (Lipinski definition) is 3. The van der Waals surface area contributed by atoms with E-state index in [-0.39, 0.29) is 18.4 Å². The average Bonchev–Trinajstić information content (AvgIpc) is 2.82. The minimum absolute atomic E-state index is 0.101. The van der Waals surface area contributed by atoms with E-state index >= 15 is 0 Å². The van der Waals surface area contributed by atoms with Crippen molar-refractivity contribution < 1.29 is 19.4 Å². The van der Waals surface area contributed by atoms with Gasteiger partial charge >= 0.3 is 0 Å². The fourth-order valence-corrected chi connectivity index (χ4v) is 4.50. The monoisotopic (exact) mass is 479 g/mol. The minimum atomic E-state index is -0.755. The topological polar surface area (TPSA) is 90.9 Å². The summed E-state index contributed by atoms with van der Waals surface area (Å²) in [6, 6.07) is 15.9. The van der Waals surface area contributed by atoms with Gasteiger partial charge in [0.15, 0.2) is 0 Å². The van der Waals surface area contributed by atoms with E-state index in [1.54, 1.807) is 48.3 Å². The molecule has 8 heteroatoms. The number of benzene rings is 3. The fraction of sp³-hybridized carbons (Fsp3) is 0.231. The fourth-order valence-electron chi connectivity index (χ4n) is 4.28. The van der Waals surface area contributed by atoms with Crippen molar-refractivity contribution >= 4 is 40.5 Å². The molecule has 0 spiro atoms. The smallest absolute Gasteiger partial charge is 0.257 e. The number of fused-ring (bicyclic) bond motifs is 1. The molecule has 3 aromatic carbocycles. The van der Waals surface area contributed by atoms with Gasteiger partial charge in [-0.3, -0.25) is 9.59 Å². The zero-order valence-corrected chi connectivity index (χ0v) is 20.2. The van der Waals surface area contributed by atoms with E-state index in [1.807, 2.05) is 32.0 Å². The normalized spacial score (nSPS) is 14.3. The molecule has 3 aromatic rings. The Morgan fingerprint density at radius 1 is 1.15 bits per heavy atom. The maximum atomic E-state index is 12.8.